The predicted molar refractivity (Wildman–Crippen MR) is 129 cm³/mol. The van der Waals surface area contributed by atoms with Crippen molar-refractivity contribution in [2.45, 2.75) is 33.7 Å². The Bertz CT molecular complexity index is 1280. The van der Waals surface area contributed by atoms with Crippen LogP contribution in [0.1, 0.15) is 50.1 Å². The average Bonchev–Trinajstić information content (AvgIpc) is 3.44. The number of thiazole rings is 1. The second-order valence-corrected chi connectivity index (χ2v) is 9.32. The Morgan fingerprint density at radius 3 is 2.41 bits per heavy atom. The number of aryl methyl sites for hydroxylation is 1. The van der Waals surface area contributed by atoms with Gasteiger partial charge in [-0.05, 0) is 35.8 Å². The van der Waals surface area contributed by atoms with E-state index in [-0.39, 0.29) is 5.91 Å². The Hall–Kier alpha value is -3.92. The van der Waals surface area contributed by atoms with Gasteiger partial charge < -0.3 is 0 Å². The third-order valence-corrected chi connectivity index (χ3v) is 6.12. The fraction of sp³-hybridized carbons (Fsp3) is 0.250. The number of hydrogen-bond acceptors (Lipinski definition) is 7. The summed E-state index contributed by atoms with van der Waals surface area (Å²) in [5.41, 5.74) is 7.83. The zero-order valence-electron chi connectivity index (χ0n) is 19.1. The molecule has 0 aliphatic rings. The molecule has 0 unspecified atom stereocenters. The van der Waals surface area contributed by atoms with Gasteiger partial charge in [-0.25, -0.2) is 4.98 Å². The van der Waals surface area contributed by atoms with E-state index in [1.165, 1.54) is 16.1 Å². The molecular weight excluding hydrogens is 450 g/mol. The number of rotatable bonds is 7. The molecule has 2 amide bonds. The highest BCUT2D eigenvalue weighted by Gasteiger charge is 2.17. The van der Waals surface area contributed by atoms with Crippen LogP contribution in [0, 0.1) is 12.8 Å². The van der Waals surface area contributed by atoms with Gasteiger partial charge in [0.1, 0.15) is 4.88 Å². The van der Waals surface area contributed by atoms with Crippen LogP contribution in [0.2, 0.25) is 0 Å². The second kappa shape index (κ2) is 10.3. The quantitative estimate of drug-likeness (QED) is 0.396. The number of amides is 2. The summed E-state index contributed by atoms with van der Waals surface area (Å²) in [5, 5.41) is 13.5. The van der Waals surface area contributed by atoms with Crippen LogP contribution >= 0.6 is 11.3 Å². The van der Waals surface area contributed by atoms with E-state index in [0.717, 1.165) is 22.6 Å². The number of carbonyl (C=O) groups excluding carboxylic acids is 2. The molecule has 9 nitrogen and oxygen atoms in total. The third-order valence-electron chi connectivity index (χ3n) is 4.94. The molecule has 0 bridgehead atoms. The summed E-state index contributed by atoms with van der Waals surface area (Å²) in [4.78, 5) is 31.4. The molecule has 4 aromatic rings. The van der Waals surface area contributed by atoms with Gasteiger partial charge in [0, 0.05) is 17.5 Å². The Morgan fingerprint density at radius 1 is 1.00 bits per heavy atom. The molecule has 0 aliphatic carbocycles. The van der Waals surface area contributed by atoms with Crippen molar-refractivity contribution in [3.05, 3.63) is 81.3 Å². The number of hydrazine groups is 1. The van der Waals surface area contributed by atoms with Crippen molar-refractivity contribution in [1.29, 1.82) is 0 Å². The van der Waals surface area contributed by atoms with Crippen molar-refractivity contribution in [3.8, 4) is 11.4 Å². The maximum Gasteiger partial charge on any atom is 0.281 e. The monoisotopic (exact) mass is 475 g/mol. The van der Waals surface area contributed by atoms with E-state index < -0.39 is 5.91 Å². The van der Waals surface area contributed by atoms with E-state index in [1.54, 1.807) is 19.1 Å². The summed E-state index contributed by atoms with van der Waals surface area (Å²) in [6.45, 7) is 6.42. The Balaban J connectivity index is 1.32. The summed E-state index contributed by atoms with van der Waals surface area (Å²) >= 11 is 1.35. The van der Waals surface area contributed by atoms with Crippen LogP contribution in [0.25, 0.3) is 11.4 Å². The smallest absolute Gasteiger partial charge is 0.267 e. The fourth-order valence-electron chi connectivity index (χ4n) is 3.28. The third kappa shape index (κ3) is 5.70. The minimum atomic E-state index is -0.408. The molecule has 0 spiro atoms. The van der Waals surface area contributed by atoms with E-state index in [2.05, 4.69) is 45.1 Å². The van der Waals surface area contributed by atoms with Crippen molar-refractivity contribution in [3.63, 3.8) is 0 Å². The van der Waals surface area contributed by atoms with Crippen LogP contribution in [0.15, 0.2) is 54.6 Å². The first-order valence-corrected chi connectivity index (χ1v) is 11.7. The molecule has 2 aromatic heterocycles. The van der Waals surface area contributed by atoms with Gasteiger partial charge in [0.05, 0.1) is 17.2 Å². The standard InChI is InChI=1S/C24H25N7O2S/c1-15(2)13-20-25-16(3)21(34-20)24(33)28-27-23(32)19-11-9-17(10-12-19)14-31-29-22(26-30-31)18-7-5-4-6-8-18/h4-12,15H,13-14H2,1-3H3,(H,27,32)(H,28,33). The first-order chi connectivity index (χ1) is 16.4. The number of carbonyl (C=O) groups is 2. The lowest BCUT2D eigenvalue weighted by atomic mass is 10.1. The number of nitrogens with zero attached hydrogens (tertiary/aromatic N) is 5. The van der Waals surface area contributed by atoms with Crippen LogP contribution in [0.4, 0.5) is 0 Å². The van der Waals surface area contributed by atoms with Crippen LogP contribution < -0.4 is 10.9 Å². The molecule has 0 saturated heterocycles. The van der Waals surface area contributed by atoms with Gasteiger partial charge >= 0.3 is 0 Å². The van der Waals surface area contributed by atoms with Gasteiger partial charge in [-0.1, -0.05) is 56.3 Å². The van der Waals surface area contributed by atoms with Gasteiger partial charge in [-0.2, -0.15) is 4.80 Å². The summed E-state index contributed by atoms with van der Waals surface area (Å²) < 4.78 is 0. The Morgan fingerprint density at radius 2 is 1.71 bits per heavy atom. The normalized spacial score (nSPS) is 10.9. The largest absolute Gasteiger partial charge is 0.281 e. The highest BCUT2D eigenvalue weighted by molar-refractivity contribution is 7.13. The van der Waals surface area contributed by atoms with Crippen molar-refractivity contribution in [2.24, 2.45) is 5.92 Å². The Kier molecular flexibility index (Phi) is 7.07. The average molecular weight is 476 g/mol. The van der Waals surface area contributed by atoms with Crippen molar-refractivity contribution < 1.29 is 9.59 Å². The lowest BCUT2D eigenvalue weighted by Gasteiger charge is -2.07. The van der Waals surface area contributed by atoms with Crippen LogP contribution in [0.3, 0.4) is 0 Å². The van der Waals surface area contributed by atoms with Gasteiger partial charge in [-0.15, -0.1) is 21.5 Å². The minimum absolute atomic E-state index is 0.374. The van der Waals surface area contributed by atoms with Crippen molar-refractivity contribution in [2.75, 3.05) is 0 Å². The molecule has 2 aromatic carbocycles. The molecule has 0 fully saturated rings. The number of tetrazole rings is 1. The molecule has 2 N–H and O–H groups in total. The van der Waals surface area contributed by atoms with Crippen molar-refractivity contribution in [1.82, 2.24) is 36.0 Å². The maximum atomic E-state index is 12.5. The number of nitrogens with one attached hydrogen (secondary N) is 2. The summed E-state index contributed by atoms with van der Waals surface area (Å²) in [5.74, 6) is 0.228. The Labute approximate surface area is 201 Å². The fourth-order valence-corrected chi connectivity index (χ4v) is 4.45. The van der Waals surface area contributed by atoms with Crippen LogP contribution in [0.5, 0.6) is 0 Å². The molecular formula is C24H25N7O2S. The number of hydrogen-bond donors (Lipinski definition) is 2. The van der Waals surface area contributed by atoms with E-state index in [1.807, 2.05) is 42.5 Å². The molecule has 10 heteroatoms. The van der Waals surface area contributed by atoms with Crippen LogP contribution in [-0.2, 0) is 13.0 Å². The summed E-state index contributed by atoms with van der Waals surface area (Å²) in [6, 6.07) is 16.6. The van der Waals surface area contributed by atoms with Crippen LogP contribution in [-0.4, -0.2) is 37.0 Å². The molecule has 4 rings (SSSR count). The highest BCUT2D eigenvalue weighted by atomic mass is 32.1. The van der Waals surface area contributed by atoms with E-state index >= 15 is 0 Å². The summed E-state index contributed by atoms with van der Waals surface area (Å²) in [6.07, 6.45) is 0.815. The van der Waals surface area contributed by atoms with E-state index in [0.29, 0.717) is 34.4 Å². The molecule has 0 radical (unpaired) electrons. The molecule has 0 atom stereocenters. The van der Waals surface area contributed by atoms with Gasteiger partial charge in [-0.3, -0.25) is 20.4 Å². The first kappa shape index (κ1) is 23.2. The molecule has 34 heavy (non-hydrogen) atoms. The van der Waals surface area contributed by atoms with Gasteiger partial charge in [0.15, 0.2) is 0 Å². The molecule has 0 saturated carbocycles. The first-order valence-electron chi connectivity index (χ1n) is 10.9. The highest BCUT2D eigenvalue weighted by Crippen LogP contribution is 2.20. The van der Waals surface area contributed by atoms with Crippen molar-refractivity contribution >= 4 is 23.2 Å². The number of benzene rings is 2. The topological polar surface area (TPSA) is 115 Å². The summed E-state index contributed by atoms with van der Waals surface area (Å²) in [7, 11) is 0. The minimum Gasteiger partial charge on any atom is -0.267 e. The molecule has 174 valence electrons. The van der Waals surface area contributed by atoms with E-state index in [9.17, 15) is 9.59 Å². The van der Waals surface area contributed by atoms with Gasteiger partial charge in [0.25, 0.3) is 11.8 Å². The predicted octanol–water partition coefficient (Wildman–Crippen LogP) is 3.43. The van der Waals surface area contributed by atoms with E-state index in [4.69, 9.17) is 0 Å². The van der Waals surface area contributed by atoms with Gasteiger partial charge in [0.2, 0.25) is 5.82 Å². The zero-order chi connectivity index (χ0) is 24.1. The second-order valence-electron chi connectivity index (χ2n) is 8.23. The molecule has 0 aliphatic heterocycles. The maximum absolute atomic E-state index is 12.5. The SMILES string of the molecule is Cc1nc(CC(C)C)sc1C(=O)NNC(=O)c1ccc(Cn2nnc(-c3ccccc3)n2)cc1. The lowest BCUT2D eigenvalue weighted by molar-refractivity contribution is 0.0848. The molecule has 2 heterocycles. The zero-order valence-corrected chi connectivity index (χ0v) is 20.0. The lowest BCUT2D eigenvalue weighted by Crippen LogP contribution is -2.41. The number of aromatic nitrogens is 5.